The van der Waals surface area contributed by atoms with Crippen molar-refractivity contribution in [3.05, 3.63) is 35.9 Å². The maximum Gasteiger partial charge on any atom is 0.376 e. The van der Waals surface area contributed by atoms with Crippen LogP contribution in [-0.4, -0.2) is 34.6 Å². The SMILES string of the molecule is CN(C)/C(I)=N\C(=N)C(=O)OCc1ccccc1. The number of esters is 1. The molecule has 6 heteroatoms. The maximum atomic E-state index is 11.5. The molecule has 0 bridgehead atoms. The Hall–Kier alpha value is -1.44. The van der Waals surface area contributed by atoms with Gasteiger partial charge in [0.1, 0.15) is 6.61 Å². The van der Waals surface area contributed by atoms with Gasteiger partial charge in [0.2, 0.25) is 5.84 Å². The van der Waals surface area contributed by atoms with Gasteiger partial charge in [-0.15, -0.1) is 0 Å². The van der Waals surface area contributed by atoms with Crippen LogP contribution in [0.15, 0.2) is 35.3 Å². The number of ether oxygens (including phenoxy) is 1. The standard InChI is InChI=1S/C12H14IN3O2/c1-16(2)12(13)15-10(14)11(17)18-8-9-6-4-3-5-7-9/h3-7,14H,8H2,1-2H3/b14-10?,15-12-. The highest BCUT2D eigenvalue weighted by Gasteiger charge is 2.11. The molecule has 1 rings (SSSR count). The third-order valence-corrected chi connectivity index (χ3v) is 3.19. The van der Waals surface area contributed by atoms with Gasteiger partial charge in [0.15, 0.2) is 3.84 Å². The first-order valence-corrected chi connectivity index (χ1v) is 6.29. The van der Waals surface area contributed by atoms with Gasteiger partial charge in [0.25, 0.3) is 0 Å². The molecule has 0 aliphatic rings. The quantitative estimate of drug-likeness (QED) is 0.289. The van der Waals surface area contributed by atoms with Crippen LogP contribution in [0.5, 0.6) is 0 Å². The molecule has 0 aliphatic carbocycles. The molecule has 96 valence electrons. The molecule has 0 radical (unpaired) electrons. The van der Waals surface area contributed by atoms with E-state index < -0.39 is 11.8 Å². The monoisotopic (exact) mass is 359 g/mol. The second-order valence-electron chi connectivity index (χ2n) is 3.69. The number of hydrogen-bond donors (Lipinski definition) is 1. The number of halogens is 1. The number of rotatable bonds is 2. The lowest BCUT2D eigenvalue weighted by atomic mass is 10.2. The van der Waals surface area contributed by atoms with E-state index in [1.54, 1.807) is 19.0 Å². The first kappa shape index (κ1) is 14.6. The van der Waals surface area contributed by atoms with Crippen LogP contribution in [0, 0.1) is 5.41 Å². The summed E-state index contributed by atoms with van der Waals surface area (Å²) >= 11 is 1.95. The number of hydrogen-bond acceptors (Lipinski definition) is 3. The molecule has 0 unspecified atom stereocenters. The maximum absolute atomic E-state index is 11.5. The van der Waals surface area contributed by atoms with Crippen LogP contribution < -0.4 is 0 Å². The molecule has 0 heterocycles. The van der Waals surface area contributed by atoms with Crippen LogP contribution in [0.25, 0.3) is 0 Å². The first-order chi connectivity index (χ1) is 8.50. The van der Waals surface area contributed by atoms with Gasteiger partial charge >= 0.3 is 5.97 Å². The summed E-state index contributed by atoms with van der Waals surface area (Å²) < 4.78 is 5.53. The summed E-state index contributed by atoms with van der Waals surface area (Å²) in [7, 11) is 3.57. The highest BCUT2D eigenvalue weighted by molar-refractivity contribution is 14.1. The van der Waals surface area contributed by atoms with Crippen LogP contribution in [0.2, 0.25) is 0 Å². The first-order valence-electron chi connectivity index (χ1n) is 5.22. The summed E-state index contributed by atoms with van der Waals surface area (Å²) in [6, 6.07) is 9.31. The van der Waals surface area contributed by atoms with E-state index in [-0.39, 0.29) is 6.61 Å². The Bertz CT molecular complexity index is 458. The molecule has 0 fully saturated rings. The van der Waals surface area contributed by atoms with Gasteiger partial charge in [0.05, 0.1) is 0 Å². The fourth-order valence-corrected chi connectivity index (χ4v) is 1.27. The molecular formula is C12H14IN3O2. The highest BCUT2D eigenvalue weighted by Crippen LogP contribution is 2.02. The van der Waals surface area contributed by atoms with Crippen molar-refractivity contribution in [2.75, 3.05) is 14.1 Å². The second-order valence-corrected chi connectivity index (χ2v) is 4.65. The summed E-state index contributed by atoms with van der Waals surface area (Å²) in [6.07, 6.45) is 0. The predicted molar refractivity (Wildman–Crippen MR) is 79.1 cm³/mol. The van der Waals surface area contributed by atoms with Crippen molar-refractivity contribution in [2.45, 2.75) is 6.61 Å². The Labute approximate surface area is 119 Å². The van der Waals surface area contributed by atoms with Gasteiger partial charge < -0.3 is 9.64 Å². The van der Waals surface area contributed by atoms with Crippen molar-refractivity contribution in [1.82, 2.24) is 4.90 Å². The van der Waals surface area contributed by atoms with E-state index >= 15 is 0 Å². The van der Waals surface area contributed by atoms with E-state index in [0.717, 1.165) is 5.56 Å². The lowest BCUT2D eigenvalue weighted by molar-refractivity contribution is -0.136. The Morgan fingerprint density at radius 1 is 1.39 bits per heavy atom. The molecule has 0 saturated heterocycles. The Morgan fingerprint density at radius 2 is 2.00 bits per heavy atom. The third kappa shape index (κ3) is 4.82. The zero-order chi connectivity index (χ0) is 13.5. The van der Waals surface area contributed by atoms with Crippen molar-refractivity contribution in [2.24, 2.45) is 4.99 Å². The summed E-state index contributed by atoms with van der Waals surface area (Å²) in [5.41, 5.74) is 0.880. The molecule has 5 nitrogen and oxygen atoms in total. The van der Waals surface area contributed by atoms with E-state index in [1.807, 2.05) is 52.9 Å². The Morgan fingerprint density at radius 3 is 2.56 bits per heavy atom. The predicted octanol–water partition coefficient (Wildman–Crippen LogP) is 2.06. The minimum Gasteiger partial charge on any atom is -0.455 e. The van der Waals surface area contributed by atoms with Crippen molar-refractivity contribution >= 4 is 38.2 Å². The van der Waals surface area contributed by atoms with Gasteiger partial charge in [-0.2, -0.15) is 4.99 Å². The minimum absolute atomic E-state index is 0.149. The molecule has 18 heavy (non-hydrogen) atoms. The van der Waals surface area contributed by atoms with Crippen LogP contribution in [-0.2, 0) is 16.1 Å². The number of carbonyl (C=O) groups is 1. The molecule has 1 aromatic carbocycles. The smallest absolute Gasteiger partial charge is 0.376 e. The third-order valence-electron chi connectivity index (χ3n) is 1.98. The van der Waals surface area contributed by atoms with Crippen LogP contribution in [0.4, 0.5) is 0 Å². The molecule has 0 atom stereocenters. The van der Waals surface area contributed by atoms with Gasteiger partial charge in [-0.05, 0) is 28.2 Å². The van der Waals surface area contributed by atoms with E-state index in [0.29, 0.717) is 3.84 Å². The van der Waals surface area contributed by atoms with Crippen molar-refractivity contribution in [3.8, 4) is 0 Å². The van der Waals surface area contributed by atoms with Crippen molar-refractivity contribution < 1.29 is 9.53 Å². The van der Waals surface area contributed by atoms with Crippen LogP contribution in [0.3, 0.4) is 0 Å². The molecule has 0 spiro atoms. The Balaban J connectivity index is 2.51. The van der Waals surface area contributed by atoms with Gasteiger partial charge in [-0.25, -0.2) is 4.79 Å². The molecule has 1 aromatic rings. The molecular weight excluding hydrogens is 345 g/mol. The lowest BCUT2D eigenvalue weighted by Crippen LogP contribution is -2.21. The molecule has 0 aliphatic heterocycles. The van der Waals surface area contributed by atoms with Crippen molar-refractivity contribution in [3.63, 3.8) is 0 Å². The largest absolute Gasteiger partial charge is 0.455 e. The number of amidine groups is 2. The minimum atomic E-state index is -0.727. The normalized spacial score (nSPS) is 10.9. The topological polar surface area (TPSA) is 65.8 Å². The zero-order valence-electron chi connectivity index (χ0n) is 10.2. The average molecular weight is 359 g/mol. The van der Waals surface area contributed by atoms with E-state index in [4.69, 9.17) is 10.1 Å². The number of nitrogens with zero attached hydrogens (tertiary/aromatic N) is 2. The second kappa shape index (κ2) is 7.10. The molecule has 0 amide bonds. The van der Waals surface area contributed by atoms with Crippen LogP contribution in [0.1, 0.15) is 5.56 Å². The molecule has 0 aromatic heterocycles. The van der Waals surface area contributed by atoms with E-state index in [1.165, 1.54) is 0 Å². The molecule has 0 saturated carbocycles. The molecule has 1 N–H and O–H groups in total. The average Bonchev–Trinajstić information content (AvgIpc) is 2.36. The zero-order valence-corrected chi connectivity index (χ0v) is 12.3. The number of benzene rings is 1. The van der Waals surface area contributed by atoms with E-state index in [2.05, 4.69) is 4.99 Å². The fourth-order valence-electron chi connectivity index (χ4n) is 1.03. The van der Waals surface area contributed by atoms with E-state index in [9.17, 15) is 4.79 Å². The summed E-state index contributed by atoms with van der Waals surface area (Å²) in [5, 5.41) is 7.49. The number of nitrogens with one attached hydrogen (secondary N) is 1. The number of carbonyl (C=O) groups excluding carboxylic acids is 1. The summed E-state index contributed by atoms with van der Waals surface area (Å²) in [5.74, 6) is -1.13. The van der Waals surface area contributed by atoms with Gasteiger partial charge in [-0.1, -0.05) is 30.3 Å². The van der Waals surface area contributed by atoms with Crippen LogP contribution >= 0.6 is 22.6 Å². The van der Waals surface area contributed by atoms with Gasteiger partial charge in [0, 0.05) is 14.1 Å². The lowest BCUT2D eigenvalue weighted by Gasteiger charge is -2.09. The number of aliphatic imine (C=N–C) groups is 1. The van der Waals surface area contributed by atoms with Crippen molar-refractivity contribution in [1.29, 1.82) is 5.41 Å². The summed E-state index contributed by atoms with van der Waals surface area (Å²) in [6.45, 7) is 0.149. The Kier molecular flexibility index (Phi) is 5.76. The van der Waals surface area contributed by atoms with Gasteiger partial charge in [-0.3, -0.25) is 5.41 Å². The summed E-state index contributed by atoms with van der Waals surface area (Å²) in [4.78, 5) is 17.0. The highest BCUT2D eigenvalue weighted by atomic mass is 127. The fraction of sp³-hybridized carbons (Fsp3) is 0.250.